The third kappa shape index (κ3) is 3.32. The molecule has 1 unspecified atom stereocenters. The van der Waals surface area contributed by atoms with Crippen LogP contribution in [0.5, 0.6) is 0 Å². The minimum atomic E-state index is -0.0534. The standard InChI is InChI=1S/C23H20BrN3O/c24-17-5-8-21-20(12-17)19-9-11-28-23(22(19)27-21)16-3-6-18(7-4-16)26-14-15-2-1-10-25-13-15/h1-8,10,12-13,23,26-27H,9,11,14H2. The predicted molar refractivity (Wildman–Crippen MR) is 116 cm³/mol. The molecular weight excluding hydrogens is 414 g/mol. The average molecular weight is 434 g/mol. The number of pyridine rings is 1. The second-order valence-electron chi connectivity index (χ2n) is 7.04. The fourth-order valence-corrected chi connectivity index (χ4v) is 4.20. The molecule has 1 aliphatic rings. The molecule has 0 saturated heterocycles. The van der Waals surface area contributed by atoms with E-state index in [4.69, 9.17) is 4.74 Å². The number of aromatic nitrogens is 2. The highest BCUT2D eigenvalue weighted by Gasteiger charge is 2.26. The summed E-state index contributed by atoms with van der Waals surface area (Å²) in [6, 6.07) is 18.9. The van der Waals surface area contributed by atoms with Crippen LogP contribution in [-0.2, 0) is 17.7 Å². The number of halogens is 1. The predicted octanol–water partition coefficient (Wildman–Crippen LogP) is 5.60. The van der Waals surface area contributed by atoms with Crippen molar-refractivity contribution in [2.75, 3.05) is 11.9 Å². The van der Waals surface area contributed by atoms with E-state index >= 15 is 0 Å². The van der Waals surface area contributed by atoms with Crippen LogP contribution in [0.3, 0.4) is 0 Å². The van der Waals surface area contributed by atoms with Crippen molar-refractivity contribution in [1.82, 2.24) is 9.97 Å². The lowest BCUT2D eigenvalue weighted by Gasteiger charge is -2.24. The quantitative estimate of drug-likeness (QED) is 0.440. The summed E-state index contributed by atoms with van der Waals surface area (Å²) < 4.78 is 7.25. The molecule has 4 nitrogen and oxygen atoms in total. The summed E-state index contributed by atoms with van der Waals surface area (Å²) in [5.41, 5.74) is 7.12. The molecule has 1 atom stereocenters. The van der Waals surface area contributed by atoms with Gasteiger partial charge in [-0.05, 0) is 59.5 Å². The van der Waals surface area contributed by atoms with E-state index in [2.05, 4.69) is 79.7 Å². The van der Waals surface area contributed by atoms with Crippen molar-refractivity contribution < 1.29 is 4.74 Å². The number of anilines is 1. The van der Waals surface area contributed by atoms with Gasteiger partial charge in [0, 0.05) is 40.0 Å². The van der Waals surface area contributed by atoms with Crippen molar-refractivity contribution in [3.05, 3.63) is 93.8 Å². The van der Waals surface area contributed by atoms with Crippen LogP contribution in [0, 0.1) is 0 Å². The van der Waals surface area contributed by atoms with E-state index in [0.717, 1.165) is 35.3 Å². The van der Waals surface area contributed by atoms with E-state index in [1.54, 1.807) is 6.20 Å². The first-order valence-electron chi connectivity index (χ1n) is 9.42. The highest BCUT2D eigenvalue weighted by atomic mass is 79.9. The normalized spacial score (nSPS) is 16.1. The first-order valence-corrected chi connectivity index (χ1v) is 10.2. The van der Waals surface area contributed by atoms with E-state index in [1.165, 1.54) is 27.7 Å². The number of nitrogens with zero attached hydrogens (tertiary/aromatic N) is 1. The maximum absolute atomic E-state index is 6.15. The van der Waals surface area contributed by atoms with E-state index in [0.29, 0.717) is 0 Å². The third-order valence-electron chi connectivity index (χ3n) is 5.23. The SMILES string of the molecule is Brc1ccc2[nH]c3c(c2c1)CCOC3c1ccc(NCc2cccnc2)cc1. The smallest absolute Gasteiger partial charge is 0.123 e. The molecule has 5 heteroatoms. The topological polar surface area (TPSA) is 49.9 Å². The Hall–Kier alpha value is -2.63. The molecule has 0 amide bonds. The molecule has 2 aromatic heterocycles. The Labute approximate surface area is 172 Å². The summed E-state index contributed by atoms with van der Waals surface area (Å²) >= 11 is 3.59. The number of hydrogen-bond donors (Lipinski definition) is 2. The molecule has 1 aliphatic heterocycles. The summed E-state index contributed by atoms with van der Waals surface area (Å²) in [6.07, 6.45) is 4.56. The molecule has 0 bridgehead atoms. The molecule has 0 saturated carbocycles. The van der Waals surface area contributed by atoms with Gasteiger partial charge in [0.1, 0.15) is 6.10 Å². The Kier molecular flexibility index (Phi) is 4.63. The van der Waals surface area contributed by atoms with Crippen LogP contribution in [0.1, 0.15) is 28.5 Å². The Morgan fingerprint density at radius 1 is 1.14 bits per heavy atom. The lowest BCUT2D eigenvalue weighted by molar-refractivity contribution is 0.0677. The Morgan fingerprint density at radius 3 is 2.86 bits per heavy atom. The molecule has 5 rings (SSSR count). The van der Waals surface area contributed by atoms with Crippen molar-refractivity contribution in [2.24, 2.45) is 0 Å². The summed E-state index contributed by atoms with van der Waals surface area (Å²) in [5, 5.41) is 4.73. The van der Waals surface area contributed by atoms with E-state index < -0.39 is 0 Å². The van der Waals surface area contributed by atoms with Crippen molar-refractivity contribution >= 4 is 32.5 Å². The summed E-state index contributed by atoms with van der Waals surface area (Å²) in [6.45, 7) is 1.49. The van der Waals surface area contributed by atoms with Crippen LogP contribution in [0.2, 0.25) is 0 Å². The zero-order chi connectivity index (χ0) is 18.9. The molecule has 0 aliphatic carbocycles. The van der Waals surface area contributed by atoms with Crippen molar-refractivity contribution in [3.8, 4) is 0 Å². The molecular formula is C23H20BrN3O. The lowest BCUT2D eigenvalue weighted by Crippen LogP contribution is -2.16. The molecule has 4 aromatic rings. The van der Waals surface area contributed by atoms with Gasteiger partial charge in [-0.25, -0.2) is 0 Å². The number of H-pyrrole nitrogens is 1. The van der Waals surface area contributed by atoms with Crippen LogP contribution >= 0.6 is 15.9 Å². The van der Waals surface area contributed by atoms with Crippen LogP contribution in [0.25, 0.3) is 10.9 Å². The van der Waals surface area contributed by atoms with Crippen LogP contribution in [0.15, 0.2) is 71.5 Å². The first kappa shape index (κ1) is 17.5. The average Bonchev–Trinajstić information content (AvgIpc) is 3.11. The second kappa shape index (κ2) is 7.41. The Morgan fingerprint density at radius 2 is 2.04 bits per heavy atom. The van der Waals surface area contributed by atoms with Gasteiger partial charge in [0.05, 0.1) is 12.3 Å². The fraction of sp³-hybridized carbons (Fsp3) is 0.174. The van der Waals surface area contributed by atoms with Crippen LogP contribution < -0.4 is 5.32 Å². The minimum absolute atomic E-state index is 0.0534. The number of ether oxygens (including phenoxy) is 1. The molecule has 2 N–H and O–H groups in total. The van der Waals surface area contributed by atoms with Crippen molar-refractivity contribution in [2.45, 2.75) is 19.1 Å². The van der Waals surface area contributed by atoms with Crippen molar-refractivity contribution in [3.63, 3.8) is 0 Å². The number of fused-ring (bicyclic) bond motifs is 3. The maximum atomic E-state index is 6.15. The maximum Gasteiger partial charge on any atom is 0.123 e. The van der Waals surface area contributed by atoms with Crippen molar-refractivity contribution in [1.29, 1.82) is 0 Å². The Bertz CT molecular complexity index is 1110. The highest BCUT2D eigenvalue weighted by Crippen LogP contribution is 2.37. The number of benzene rings is 2. The molecule has 0 radical (unpaired) electrons. The van der Waals surface area contributed by atoms with Gasteiger partial charge < -0.3 is 15.0 Å². The van der Waals surface area contributed by atoms with Gasteiger partial charge in [-0.15, -0.1) is 0 Å². The molecule has 3 heterocycles. The largest absolute Gasteiger partial charge is 0.381 e. The van der Waals surface area contributed by atoms with Crippen LogP contribution in [-0.4, -0.2) is 16.6 Å². The highest BCUT2D eigenvalue weighted by molar-refractivity contribution is 9.10. The number of hydrogen-bond acceptors (Lipinski definition) is 3. The molecule has 28 heavy (non-hydrogen) atoms. The molecule has 0 spiro atoms. The van der Waals surface area contributed by atoms with E-state index in [9.17, 15) is 0 Å². The number of rotatable bonds is 4. The van der Waals surface area contributed by atoms with Gasteiger partial charge in [0.2, 0.25) is 0 Å². The molecule has 140 valence electrons. The first-order chi connectivity index (χ1) is 13.8. The molecule has 0 fully saturated rings. The van der Waals surface area contributed by atoms with Gasteiger partial charge in [0.25, 0.3) is 0 Å². The summed E-state index contributed by atoms with van der Waals surface area (Å²) in [5.74, 6) is 0. The van der Waals surface area contributed by atoms with Gasteiger partial charge in [-0.2, -0.15) is 0 Å². The van der Waals surface area contributed by atoms with Gasteiger partial charge in [-0.1, -0.05) is 34.1 Å². The van der Waals surface area contributed by atoms with Gasteiger partial charge >= 0.3 is 0 Å². The molecule has 2 aromatic carbocycles. The summed E-state index contributed by atoms with van der Waals surface area (Å²) in [7, 11) is 0. The minimum Gasteiger partial charge on any atom is -0.381 e. The number of aromatic amines is 1. The van der Waals surface area contributed by atoms with Gasteiger partial charge in [-0.3, -0.25) is 4.98 Å². The van der Waals surface area contributed by atoms with Crippen LogP contribution in [0.4, 0.5) is 5.69 Å². The zero-order valence-electron chi connectivity index (χ0n) is 15.3. The third-order valence-corrected chi connectivity index (χ3v) is 5.73. The Balaban J connectivity index is 1.39. The van der Waals surface area contributed by atoms with E-state index in [-0.39, 0.29) is 6.10 Å². The lowest BCUT2D eigenvalue weighted by atomic mass is 9.97. The fourth-order valence-electron chi connectivity index (χ4n) is 3.84. The van der Waals surface area contributed by atoms with E-state index in [1.807, 2.05) is 12.3 Å². The zero-order valence-corrected chi connectivity index (χ0v) is 16.9. The monoisotopic (exact) mass is 433 g/mol. The number of nitrogens with one attached hydrogen (secondary N) is 2. The summed E-state index contributed by atoms with van der Waals surface area (Å²) in [4.78, 5) is 7.74. The second-order valence-corrected chi connectivity index (χ2v) is 7.96. The van der Waals surface area contributed by atoms with Gasteiger partial charge in [0.15, 0.2) is 0 Å².